The van der Waals surface area contributed by atoms with E-state index < -0.39 is 24.2 Å². The topological polar surface area (TPSA) is 103 Å². The Hall–Kier alpha value is -3.11. The molecule has 1 aliphatic heterocycles. The van der Waals surface area contributed by atoms with E-state index in [4.69, 9.17) is 0 Å². The summed E-state index contributed by atoms with van der Waals surface area (Å²) >= 11 is 0. The standard InChI is InChI=1S/C16H17F3N6O2/c1-20-14(26)12-10-8-25(6-4-11(10)23-24-12)15(27)22-13(16(17,18)19)9-3-2-5-21-7-9/h2-3,5,7,13H,4,6,8H2,1H3,(H,20,26)(H,22,27)(H,23,24)/t13-/m1/s1. The SMILES string of the molecule is CNC(=O)c1n[nH]c2c1CN(C(=O)N[C@H](c1cccnc1)C(F)(F)F)CC2. The number of aromatic amines is 1. The van der Waals surface area contributed by atoms with Crippen LogP contribution >= 0.6 is 0 Å². The fraction of sp³-hybridized carbons (Fsp3) is 0.375. The smallest absolute Gasteiger partial charge is 0.354 e. The molecule has 0 fully saturated rings. The number of fused-ring (bicyclic) bond motifs is 1. The van der Waals surface area contributed by atoms with Crippen molar-refractivity contribution in [1.29, 1.82) is 0 Å². The molecule has 11 heteroatoms. The molecule has 3 rings (SSSR count). The van der Waals surface area contributed by atoms with Gasteiger partial charge in [-0.05, 0) is 6.07 Å². The Balaban J connectivity index is 1.78. The molecule has 1 aliphatic rings. The molecular weight excluding hydrogens is 365 g/mol. The van der Waals surface area contributed by atoms with E-state index >= 15 is 0 Å². The fourth-order valence-electron chi connectivity index (χ4n) is 2.89. The van der Waals surface area contributed by atoms with E-state index in [1.807, 2.05) is 5.32 Å². The van der Waals surface area contributed by atoms with Gasteiger partial charge in [-0.1, -0.05) is 6.07 Å². The largest absolute Gasteiger partial charge is 0.412 e. The lowest BCUT2D eigenvalue weighted by molar-refractivity contribution is -0.155. The van der Waals surface area contributed by atoms with Crippen LogP contribution in [0.3, 0.4) is 0 Å². The molecule has 2 aromatic rings. The van der Waals surface area contributed by atoms with E-state index in [2.05, 4.69) is 20.5 Å². The van der Waals surface area contributed by atoms with Gasteiger partial charge in [0.25, 0.3) is 5.91 Å². The van der Waals surface area contributed by atoms with E-state index in [0.29, 0.717) is 17.7 Å². The molecule has 0 saturated carbocycles. The molecule has 0 aliphatic carbocycles. The van der Waals surface area contributed by atoms with E-state index in [1.165, 1.54) is 30.3 Å². The van der Waals surface area contributed by atoms with E-state index in [-0.39, 0.29) is 24.3 Å². The number of amides is 3. The number of H-pyrrole nitrogens is 1. The zero-order valence-corrected chi connectivity index (χ0v) is 14.3. The van der Waals surface area contributed by atoms with Gasteiger partial charge in [-0.25, -0.2) is 4.79 Å². The Bertz CT molecular complexity index is 836. The summed E-state index contributed by atoms with van der Waals surface area (Å²) in [6, 6.07) is -0.438. The summed E-state index contributed by atoms with van der Waals surface area (Å²) in [6.07, 6.45) is -1.91. The molecule has 3 amide bonds. The van der Waals surface area contributed by atoms with Crippen molar-refractivity contribution in [2.24, 2.45) is 0 Å². The zero-order chi connectivity index (χ0) is 19.6. The van der Waals surface area contributed by atoms with Crippen LogP contribution in [0.2, 0.25) is 0 Å². The summed E-state index contributed by atoms with van der Waals surface area (Å²) in [4.78, 5) is 29.2. The highest BCUT2D eigenvalue weighted by atomic mass is 19.4. The molecule has 2 aromatic heterocycles. The molecule has 8 nitrogen and oxygen atoms in total. The summed E-state index contributed by atoms with van der Waals surface area (Å²) in [7, 11) is 1.44. The van der Waals surface area contributed by atoms with Crippen molar-refractivity contribution in [3.8, 4) is 0 Å². The van der Waals surface area contributed by atoms with Crippen LogP contribution in [0.4, 0.5) is 18.0 Å². The van der Waals surface area contributed by atoms with Crippen molar-refractivity contribution in [1.82, 2.24) is 30.7 Å². The lowest BCUT2D eigenvalue weighted by Gasteiger charge is -2.30. The number of carbonyl (C=O) groups is 2. The number of aromatic nitrogens is 3. The monoisotopic (exact) mass is 382 g/mol. The third-order valence-corrected chi connectivity index (χ3v) is 4.28. The second-order valence-electron chi connectivity index (χ2n) is 5.99. The van der Waals surface area contributed by atoms with Gasteiger partial charge in [-0.3, -0.25) is 14.9 Å². The molecule has 0 unspecified atom stereocenters. The first-order valence-electron chi connectivity index (χ1n) is 8.11. The van der Waals surface area contributed by atoms with Gasteiger partial charge in [0, 0.05) is 49.2 Å². The van der Waals surface area contributed by atoms with E-state index in [1.54, 1.807) is 0 Å². The molecule has 3 N–H and O–H groups in total. The second kappa shape index (κ2) is 7.25. The van der Waals surface area contributed by atoms with Crippen LogP contribution in [-0.4, -0.2) is 51.8 Å². The summed E-state index contributed by atoms with van der Waals surface area (Å²) < 4.78 is 40.2. The van der Waals surface area contributed by atoms with Gasteiger partial charge < -0.3 is 15.5 Å². The Labute approximate surface area is 152 Å². The Kier molecular flexibility index (Phi) is 5.02. The predicted octanol–water partition coefficient (Wildman–Crippen LogP) is 1.54. The van der Waals surface area contributed by atoms with Crippen molar-refractivity contribution < 1.29 is 22.8 Å². The van der Waals surface area contributed by atoms with Crippen LogP contribution in [0.5, 0.6) is 0 Å². The maximum absolute atomic E-state index is 13.4. The first kappa shape index (κ1) is 18.7. The van der Waals surface area contributed by atoms with Crippen molar-refractivity contribution in [3.63, 3.8) is 0 Å². The lowest BCUT2D eigenvalue weighted by Crippen LogP contribution is -2.47. The van der Waals surface area contributed by atoms with Crippen molar-refractivity contribution in [2.75, 3.05) is 13.6 Å². The van der Waals surface area contributed by atoms with Crippen LogP contribution in [0.1, 0.15) is 33.4 Å². The van der Waals surface area contributed by atoms with Gasteiger partial charge in [0.1, 0.15) is 0 Å². The summed E-state index contributed by atoms with van der Waals surface area (Å²) in [5, 5.41) is 11.1. The average molecular weight is 382 g/mol. The molecule has 0 spiro atoms. The average Bonchev–Trinajstić information content (AvgIpc) is 3.08. The van der Waals surface area contributed by atoms with Gasteiger partial charge in [-0.15, -0.1) is 0 Å². The number of nitrogens with one attached hydrogen (secondary N) is 3. The molecule has 144 valence electrons. The van der Waals surface area contributed by atoms with Crippen LogP contribution < -0.4 is 10.6 Å². The molecule has 27 heavy (non-hydrogen) atoms. The van der Waals surface area contributed by atoms with Crippen LogP contribution in [0, 0.1) is 0 Å². The van der Waals surface area contributed by atoms with Gasteiger partial charge >= 0.3 is 12.2 Å². The maximum atomic E-state index is 13.4. The highest BCUT2D eigenvalue weighted by Gasteiger charge is 2.43. The van der Waals surface area contributed by atoms with Crippen LogP contribution in [0.25, 0.3) is 0 Å². The Morgan fingerprint density at radius 3 is 2.78 bits per heavy atom. The normalized spacial score (nSPS) is 15.0. The molecule has 3 heterocycles. The van der Waals surface area contributed by atoms with Crippen molar-refractivity contribution >= 4 is 11.9 Å². The number of rotatable bonds is 3. The van der Waals surface area contributed by atoms with E-state index in [9.17, 15) is 22.8 Å². The molecule has 0 aromatic carbocycles. The van der Waals surface area contributed by atoms with Crippen LogP contribution in [0.15, 0.2) is 24.5 Å². The number of urea groups is 1. The molecular formula is C16H17F3N6O2. The number of nitrogens with zero attached hydrogens (tertiary/aromatic N) is 3. The third kappa shape index (κ3) is 3.86. The van der Waals surface area contributed by atoms with Crippen LogP contribution in [-0.2, 0) is 13.0 Å². The molecule has 1 atom stereocenters. The summed E-state index contributed by atoms with van der Waals surface area (Å²) in [6.45, 7) is 0.184. The maximum Gasteiger partial charge on any atom is 0.412 e. The van der Waals surface area contributed by atoms with Crippen molar-refractivity contribution in [2.45, 2.75) is 25.2 Å². The number of halogens is 3. The Morgan fingerprint density at radius 2 is 2.15 bits per heavy atom. The minimum Gasteiger partial charge on any atom is -0.354 e. The molecule has 0 radical (unpaired) electrons. The van der Waals surface area contributed by atoms with Gasteiger partial charge in [0.15, 0.2) is 11.7 Å². The number of pyridine rings is 1. The Morgan fingerprint density at radius 1 is 1.37 bits per heavy atom. The quantitative estimate of drug-likeness (QED) is 0.749. The summed E-state index contributed by atoms with van der Waals surface area (Å²) in [5.74, 6) is -0.432. The zero-order valence-electron chi connectivity index (χ0n) is 14.3. The highest BCUT2D eigenvalue weighted by Crippen LogP contribution is 2.32. The van der Waals surface area contributed by atoms with Gasteiger partial charge in [-0.2, -0.15) is 18.3 Å². The van der Waals surface area contributed by atoms with Crippen molar-refractivity contribution in [3.05, 3.63) is 47.0 Å². The fourth-order valence-corrected chi connectivity index (χ4v) is 2.89. The first-order valence-corrected chi connectivity index (χ1v) is 8.11. The first-order chi connectivity index (χ1) is 12.8. The number of alkyl halides is 3. The lowest BCUT2D eigenvalue weighted by atomic mass is 10.0. The van der Waals surface area contributed by atoms with Gasteiger partial charge in [0.2, 0.25) is 0 Å². The minimum absolute atomic E-state index is 0.0158. The van der Waals surface area contributed by atoms with Gasteiger partial charge in [0.05, 0.1) is 6.54 Å². The predicted molar refractivity (Wildman–Crippen MR) is 87.7 cm³/mol. The second-order valence-corrected chi connectivity index (χ2v) is 5.99. The molecule has 0 bridgehead atoms. The summed E-state index contributed by atoms with van der Waals surface area (Å²) in [5.41, 5.74) is 1.16. The number of hydrogen-bond acceptors (Lipinski definition) is 4. The van der Waals surface area contributed by atoms with E-state index in [0.717, 1.165) is 6.20 Å². The minimum atomic E-state index is -4.68. The number of hydrogen-bond donors (Lipinski definition) is 3. The third-order valence-electron chi connectivity index (χ3n) is 4.28. The molecule has 0 saturated heterocycles. The number of carbonyl (C=O) groups excluding carboxylic acids is 2. The highest BCUT2D eigenvalue weighted by molar-refractivity contribution is 5.94.